The zero-order valence-corrected chi connectivity index (χ0v) is 11.4. The highest BCUT2D eigenvalue weighted by Gasteiger charge is 2.15. The Hall–Kier alpha value is -2.33. The van der Waals surface area contributed by atoms with Gasteiger partial charge in [-0.2, -0.15) is 0 Å². The molecule has 0 aliphatic carbocycles. The van der Waals surface area contributed by atoms with E-state index in [0.29, 0.717) is 12.3 Å². The number of ether oxygens (including phenoxy) is 1. The van der Waals surface area contributed by atoms with Crippen molar-refractivity contribution in [2.24, 2.45) is 5.73 Å². The molecule has 0 saturated heterocycles. The Labute approximate surface area is 118 Å². The highest BCUT2D eigenvalue weighted by Crippen LogP contribution is 2.17. The Morgan fingerprint density at radius 2 is 1.80 bits per heavy atom. The number of benzene rings is 2. The predicted molar refractivity (Wildman–Crippen MR) is 79.6 cm³/mol. The third kappa shape index (κ3) is 3.59. The topological polar surface area (TPSA) is 64.3 Å². The molecule has 0 spiro atoms. The summed E-state index contributed by atoms with van der Waals surface area (Å²) in [6.07, 6.45) is 0. The first-order valence-corrected chi connectivity index (χ1v) is 6.55. The second-order valence-electron chi connectivity index (χ2n) is 4.33. The largest absolute Gasteiger partial charge is 0.494 e. The van der Waals surface area contributed by atoms with Crippen LogP contribution >= 0.6 is 0 Å². The third-order valence-corrected chi connectivity index (χ3v) is 2.87. The molecule has 0 heterocycles. The number of amides is 1. The maximum Gasteiger partial charge on any atom is 0.245 e. The van der Waals surface area contributed by atoms with E-state index < -0.39 is 6.04 Å². The first kappa shape index (κ1) is 14.1. The summed E-state index contributed by atoms with van der Waals surface area (Å²) in [6, 6.07) is 15.8. The molecule has 104 valence electrons. The number of hydrogen-bond acceptors (Lipinski definition) is 3. The molecule has 0 aliphatic rings. The number of carbonyl (C=O) groups excluding carboxylic acids is 1. The Kier molecular flexibility index (Phi) is 4.74. The molecule has 4 heteroatoms. The average Bonchev–Trinajstić information content (AvgIpc) is 2.49. The highest BCUT2D eigenvalue weighted by atomic mass is 16.5. The number of nitrogens with one attached hydrogen (secondary N) is 1. The molecule has 2 aromatic rings. The molecule has 4 nitrogen and oxygen atoms in total. The van der Waals surface area contributed by atoms with Gasteiger partial charge in [0, 0.05) is 5.69 Å². The fraction of sp³-hybridized carbons (Fsp3) is 0.188. The summed E-state index contributed by atoms with van der Waals surface area (Å²) in [6.45, 7) is 2.54. The lowest BCUT2D eigenvalue weighted by Crippen LogP contribution is -2.27. The van der Waals surface area contributed by atoms with Gasteiger partial charge in [-0.1, -0.05) is 30.3 Å². The van der Waals surface area contributed by atoms with Crippen molar-refractivity contribution in [2.45, 2.75) is 13.0 Å². The quantitative estimate of drug-likeness (QED) is 0.878. The molecule has 0 aromatic heterocycles. The van der Waals surface area contributed by atoms with E-state index in [9.17, 15) is 4.79 Å². The first-order chi connectivity index (χ1) is 9.70. The van der Waals surface area contributed by atoms with E-state index in [4.69, 9.17) is 10.5 Å². The number of nitrogens with two attached hydrogens (primary N) is 1. The first-order valence-electron chi connectivity index (χ1n) is 6.55. The van der Waals surface area contributed by atoms with Gasteiger partial charge in [0.15, 0.2) is 0 Å². The van der Waals surface area contributed by atoms with Crippen LogP contribution in [-0.4, -0.2) is 12.5 Å². The Morgan fingerprint density at radius 1 is 1.15 bits per heavy atom. The van der Waals surface area contributed by atoms with E-state index in [1.165, 1.54) is 0 Å². The average molecular weight is 270 g/mol. The van der Waals surface area contributed by atoms with Gasteiger partial charge in [0.25, 0.3) is 0 Å². The van der Waals surface area contributed by atoms with E-state index in [2.05, 4.69) is 5.32 Å². The number of anilines is 1. The molecule has 1 unspecified atom stereocenters. The van der Waals surface area contributed by atoms with Crippen LogP contribution in [0, 0.1) is 0 Å². The van der Waals surface area contributed by atoms with Crippen LogP contribution in [0.5, 0.6) is 5.75 Å². The summed E-state index contributed by atoms with van der Waals surface area (Å²) < 4.78 is 5.35. The van der Waals surface area contributed by atoms with Gasteiger partial charge in [-0.05, 0) is 36.8 Å². The molecule has 20 heavy (non-hydrogen) atoms. The lowest BCUT2D eigenvalue weighted by Gasteiger charge is -2.13. The van der Waals surface area contributed by atoms with E-state index in [0.717, 1.165) is 11.3 Å². The van der Waals surface area contributed by atoms with Gasteiger partial charge < -0.3 is 15.8 Å². The summed E-state index contributed by atoms with van der Waals surface area (Å²) >= 11 is 0. The maximum atomic E-state index is 12.1. The predicted octanol–water partition coefficient (Wildman–Crippen LogP) is 2.72. The van der Waals surface area contributed by atoms with Crippen molar-refractivity contribution in [2.75, 3.05) is 11.9 Å². The molecule has 0 radical (unpaired) electrons. The van der Waals surface area contributed by atoms with Crippen molar-refractivity contribution in [3.05, 3.63) is 60.2 Å². The number of rotatable bonds is 5. The van der Waals surface area contributed by atoms with Crippen LogP contribution in [0.3, 0.4) is 0 Å². The molecule has 0 aliphatic heterocycles. The maximum absolute atomic E-state index is 12.1. The van der Waals surface area contributed by atoms with E-state index >= 15 is 0 Å². The summed E-state index contributed by atoms with van der Waals surface area (Å²) in [5, 5.41) is 2.79. The fourth-order valence-corrected chi connectivity index (χ4v) is 1.83. The zero-order chi connectivity index (χ0) is 14.4. The normalized spacial score (nSPS) is 11.7. The van der Waals surface area contributed by atoms with Gasteiger partial charge in [-0.15, -0.1) is 0 Å². The van der Waals surface area contributed by atoms with Crippen molar-refractivity contribution in [3.8, 4) is 5.75 Å². The lowest BCUT2D eigenvalue weighted by atomic mass is 10.1. The van der Waals surface area contributed by atoms with Crippen LogP contribution < -0.4 is 15.8 Å². The SMILES string of the molecule is CCOc1ccc(NC(=O)C(N)c2ccccc2)cc1. The molecule has 0 bridgehead atoms. The summed E-state index contributed by atoms with van der Waals surface area (Å²) in [5.41, 5.74) is 7.41. The Morgan fingerprint density at radius 3 is 2.40 bits per heavy atom. The third-order valence-electron chi connectivity index (χ3n) is 2.87. The van der Waals surface area contributed by atoms with Gasteiger partial charge >= 0.3 is 0 Å². The summed E-state index contributed by atoms with van der Waals surface area (Å²) in [5.74, 6) is 0.540. The van der Waals surface area contributed by atoms with Gasteiger partial charge in [-0.3, -0.25) is 4.79 Å². The highest BCUT2D eigenvalue weighted by molar-refractivity contribution is 5.95. The van der Waals surface area contributed by atoms with Crippen molar-refractivity contribution >= 4 is 11.6 Å². The van der Waals surface area contributed by atoms with Crippen molar-refractivity contribution in [1.29, 1.82) is 0 Å². The monoisotopic (exact) mass is 270 g/mol. The molecule has 2 aromatic carbocycles. The van der Waals surface area contributed by atoms with E-state index in [1.807, 2.05) is 49.4 Å². The zero-order valence-electron chi connectivity index (χ0n) is 11.4. The Balaban J connectivity index is 2.00. The van der Waals surface area contributed by atoms with Gasteiger partial charge in [0.2, 0.25) is 5.91 Å². The fourth-order valence-electron chi connectivity index (χ4n) is 1.83. The molecule has 0 fully saturated rings. The minimum absolute atomic E-state index is 0.236. The molecule has 1 amide bonds. The minimum atomic E-state index is -0.678. The van der Waals surface area contributed by atoms with Crippen LogP contribution in [0.2, 0.25) is 0 Å². The smallest absolute Gasteiger partial charge is 0.245 e. The van der Waals surface area contributed by atoms with Crippen molar-refractivity contribution < 1.29 is 9.53 Å². The Bertz CT molecular complexity index is 552. The van der Waals surface area contributed by atoms with Crippen LogP contribution in [0.1, 0.15) is 18.5 Å². The van der Waals surface area contributed by atoms with Gasteiger partial charge in [-0.25, -0.2) is 0 Å². The summed E-state index contributed by atoms with van der Waals surface area (Å²) in [7, 11) is 0. The van der Waals surface area contributed by atoms with Crippen LogP contribution in [0.15, 0.2) is 54.6 Å². The molecular formula is C16H18N2O2. The van der Waals surface area contributed by atoms with Crippen LogP contribution in [0.4, 0.5) is 5.69 Å². The van der Waals surface area contributed by atoms with E-state index in [1.54, 1.807) is 12.1 Å². The lowest BCUT2D eigenvalue weighted by molar-refractivity contribution is -0.117. The molecule has 0 saturated carbocycles. The summed E-state index contributed by atoms with van der Waals surface area (Å²) in [4.78, 5) is 12.1. The molecular weight excluding hydrogens is 252 g/mol. The van der Waals surface area contributed by atoms with Crippen molar-refractivity contribution in [3.63, 3.8) is 0 Å². The van der Waals surface area contributed by atoms with E-state index in [-0.39, 0.29) is 5.91 Å². The van der Waals surface area contributed by atoms with Crippen molar-refractivity contribution in [1.82, 2.24) is 0 Å². The standard InChI is InChI=1S/C16H18N2O2/c1-2-20-14-10-8-13(9-11-14)18-16(19)15(17)12-6-4-3-5-7-12/h3-11,15H,2,17H2,1H3,(H,18,19). The van der Waals surface area contributed by atoms with Crippen LogP contribution in [0.25, 0.3) is 0 Å². The molecule has 1 atom stereocenters. The van der Waals surface area contributed by atoms with Gasteiger partial charge in [0.1, 0.15) is 11.8 Å². The number of hydrogen-bond donors (Lipinski definition) is 2. The minimum Gasteiger partial charge on any atom is -0.494 e. The van der Waals surface area contributed by atoms with Crippen LogP contribution in [-0.2, 0) is 4.79 Å². The second kappa shape index (κ2) is 6.73. The van der Waals surface area contributed by atoms with Gasteiger partial charge in [0.05, 0.1) is 6.61 Å². The molecule has 3 N–H and O–H groups in total. The number of carbonyl (C=O) groups is 1. The molecule has 2 rings (SSSR count). The second-order valence-corrected chi connectivity index (χ2v) is 4.33.